The van der Waals surface area contributed by atoms with Crippen LogP contribution in [0.25, 0.3) is 10.9 Å². The highest BCUT2D eigenvalue weighted by Gasteiger charge is 2.23. The molecule has 0 saturated carbocycles. The number of methoxy groups -OCH3 is 1. The second-order valence-electron chi connectivity index (χ2n) is 5.25. The molecule has 0 spiro atoms. The van der Waals surface area contributed by atoms with E-state index in [4.69, 9.17) is 4.74 Å². The second kappa shape index (κ2) is 5.24. The van der Waals surface area contributed by atoms with Crippen molar-refractivity contribution in [2.24, 2.45) is 0 Å². The van der Waals surface area contributed by atoms with Crippen LogP contribution in [0.2, 0.25) is 0 Å². The van der Waals surface area contributed by atoms with E-state index < -0.39 is 0 Å². The lowest BCUT2D eigenvalue weighted by atomic mass is 10.0. The summed E-state index contributed by atoms with van der Waals surface area (Å²) in [5.41, 5.74) is 3.81. The van der Waals surface area contributed by atoms with Crippen LogP contribution in [0.3, 0.4) is 0 Å². The van der Waals surface area contributed by atoms with Crippen LogP contribution in [-0.4, -0.2) is 35.4 Å². The molecular formula is C16H18N2O3. The highest BCUT2D eigenvalue weighted by Crippen LogP contribution is 2.29. The zero-order valence-corrected chi connectivity index (χ0v) is 12.2. The van der Waals surface area contributed by atoms with E-state index in [-0.39, 0.29) is 11.9 Å². The lowest BCUT2D eigenvalue weighted by Gasteiger charge is -2.27. The van der Waals surface area contributed by atoms with Crippen molar-refractivity contribution >= 4 is 22.8 Å². The van der Waals surface area contributed by atoms with Crippen LogP contribution in [0.1, 0.15) is 35.0 Å². The number of hydrogen-bond donors (Lipinski definition) is 1. The van der Waals surface area contributed by atoms with E-state index in [0.717, 1.165) is 35.1 Å². The van der Waals surface area contributed by atoms with E-state index in [1.54, 1.807) is 6.07 Å². The number of H-pyrrole nitrogens is 1. The monoisotopic (exact) mass is 286 g/mol. The molecule has 0 saturated heterocycles. The Morgan fingerprint density at radius 2 is 2.19 bits per heavy atom. The summed E-state index contributed by atoms with van der Waals surface area (Å²) in [4.78, 5) is 28.8. The van der Waals surface area contributed by atoms with Crippen LogP contribution >= 0.6 is 0 Å². The molecule has 1 aromatic heterocycles. The highest BCUT2D eigenvalue weighted by atomic mass is 16.5. The predicted octanol–water partition coefficient (Wildman–Crippen LogP) is 2.25. The zero-order chi connectivity index (χ0) is 15.0. The van der Waals surface area contributed by atoms with Gasteiger partial charge in [0.2, 0.25) is 5.91 Å². The average molecular weight is 286 g/mol. The largest absolute Gasteiger partial charge is 0.465 e. The number of amides is 1. The van der Waals surface area contributed by atoms with Crippen molar-refractivity contribution in [1.29, 1.82) is 0 Å². The van der Waals surface area contributed by atoms with Crippen molar-refractivity contribution < 1.29 is 14.3 Å². The van der Waals surface area contributed by atoms with Crippen LogP contribution in [0.15, 0.2) is 18.2 Å². The number of aromatic amines is 1. The number of benzene rings is 1. The topological polar surface area (TPSA) is 62.4 Å². The Labute approximate surface area is 122 Å². The van der Waals surface area contributed by atoms with E-state index in [9.17, 15) is 9.59 Å². The molecule has 2 heterocycles. The van der Waals surface area contributed by atoms with Crippen molar-refractivity contribution in [3.63, 3.8) is 0 Å². The van der Waals surface area contributed by atoms with Gasteiger partial charge in [0, 0.05) is 48.1 Å². The number of carbonyl (C=O) groups excluding carboxylic acids is 2. The third-order valence-corrected chi connectivity index (χ3v) is 4.05. The average Bonchev–Trinajstić information content (AvgIpc) is 2.90. The minimum Gasteiger partial charge on any atom is -0.465 e. The van der Waals surface area contributed by atoms with Crippen LogP contribution in [-0.2, 0) is 22.5 Å². The van der Waals surface area contributed by atoms with E-state index in [1.807, 2.05) is 24.0 Å². The Balaban J connectivity index is 2.04. The van der Waals surface area contributed by atoms with E-state index in [2.05, 4.69) is 4.98 Å². The van der Waals surface area contributed by atoms with Gasteiger partial charge in [0.05, 0.1) is 12.7 Å². The molecule has 0 atom stereocenters. The molecule has 1 aliphatic heterocycles. The minimum atomic E-state index is -0.343. The fourth-order valence-electron chi connectivity index (χ4n) is 2.90. The molecule has 1 amide bonds. The molecule has 1 aliphatic rings. The molecule has 21 heavy (non-hydrogen) atoms. The molecule has 0 unspecified atom stereocenters. The number of ether oxygens (including phenoxy) is 1. The first-order valence-corrected chi connectivity index (χ1v) is 7.13. The Hall–Kier alpha value is -2.30. The van der Waals surface area contributed by atoms with Gasteiger partial charge in [-0.1, -0.05) is 6.92 Å². The molecule has 1 aromatic carbocycles. The third kappa shape index (κ3) is 2.28. The van der Waals surface area contributed by atoms with Crippen LogP contribution < -0.4 is 0 Å². The van der Waals surface area contributed by atoms with E-state index >= 15 is 0 Å². The summed E-state index contributed by atoms with van der Waals surface area (Å²) in [6, 6.07) is 5.49. The Bertz CT molecular complexity index is 718. The van der Waals surface area contributed by atoms with E-state index in [0.29, 0.717) is 18.5 Å². The number of carbonyl (C=O) groups is 2. The smallest absolute Gasteiger partial charge is 0.337 e. The van der Waals surface area contributed by atoms with Gasteiger partial charge in [0.25, 0.3) is 0 Å². The fraction of sp³-hybridized carbons (Fsp3) is 0.375. The molecular weight excluding hydrogens is 268 g/mol. The minimum absolute atomic E-state index is 0.166. The molecule has 0 aliphatic carbocycles. The van der Waals surface area contributed by atoms with Gasteiger partial charge in [0.15, 0.2) is 0 Å². The summed E-state index contributed by atoms with van der Waals surface area (Å²) in [5.74, 6) is -0.178. The maximum Gasteiger partial charge on any atom is 0.337 e. The van der Waals surface area contributed by atoms with Crippen molar-refractivity contribution in [3.8, 4) is 0 Å². The molecule has 110 valence electrons. The lowest BCUT2D eigenvalue weighted by Crippen LogP contribution is -2.35. The normalized spacial score (nSPS) is 14.1. The number of nitrogens with zero attached hydrogens (tertiary/aromatic N) is 1. The van der Waals surface area contributed by atoms with Crippen LogP contribution in [0.5, 0.6) is 0 Å². The molecule has 2 aromatic rings. The van der Waals surface area contributed by atoms with Gasteiger partial charge in [-0.25, -0.2) is 4.79 Å². The SMILES string of the molecule is CCC(=O)N1CCc2[nH]c3ccc(C(=O)OC)cc3c2C1. The van der Waals surface area contributed by atoms with Gasteiger partial charge < -0.3 is 14.6 Å². The molecule has 0 radical (unpaired) electrons. The van der Waals surface area contributed by atoms with Gasteiger partial charge in [-0.2, -0.15) is 0 Å². The quantitative estimate of drug-likeness (QED) is 0.861. The first-order chi connectivity index (χ1) is 10.1. The number of esters is 1. The van der Waals surface area contributed by atoms with Crippen molar-refractivity contribution in [2.75, 3.05) is 13.7 Å². The van der Waals surface area contributed by atoms with Crippen LogP contribution in [0, 0.1) is 0 Å². The van der Waals surface area contributed by atoms with Crippen molar-refractivity contribution in [2.45, 2.75) is 26.3 Å². The molecule has 5 nitrogen and oxygen atoms in total. The maximum atomic E-state index is 11.9. The Morgan fingerprint density at radius 1 is 1.38 bits per heavy atom. The van der Waals surface area contributed by atoms with Gasteiger partial charge in [-0.15, -0.1) is 0 Å². The number of aromatic nitrogens is 1. The lowest BCUT2D eigenvalue weighted by molar-refractivity contribution is -0.131. The maximum absolute atomic E-state index is 11.9. The third-order valence-electron chi connectivity index (χ3n) is 4.05. The number of hydrogen-bond acceptors (Lipinski definition) is 3. The zero-order valence-electron chi connectivity index (χ0n) is 12.2. The van der Waals surface area contributed by atoms with Crippen LogP contribution in [0.4, 0.5) is 0 Å². The fourth-order valence-corrected chi connectivity index (χ4v) is 2.90. The van der Waals surface area contributed by atoms with Gasteiger partial charge in [0.1, 0.15) is 0 Å². The van der Waals surface area contributed by atoms with Gasteiger partial charge in [-0.3, -0.25) is 4.79 Å². The Morgan fingerprint density at radius 3 is 2.90 bits per heavy atom. The number of rotatable bonds is 2. The number of fused-ring (bicyclic) bond motifs is 3. The molecule has 3 rings (SSSR count). The second-order valence-corrected chi connectivity index (χ2v) is 5.25. The predicted molar refractivity (Wildman–Crippen MR) is 79.1 cm³/mol. The summed E-state index contributed by atoms with van der Waals surface area (Å²) in [7, 11) is 1.38. The van der Waals surface area contributed by atoms with E-state index in [1.165, 1.54) is 7.11 Å². The highest BCUT2D eigenvalue weighted by molar-refractivity contribution is 5.96. The standard InChI is InChI=1S/C16H18N2O3/c1-3-15(19)18-7-6-14-12(9-18)11-8-10(16(20)21-2)4-5-13(11)17-14/h4-5,8,17H,3,6-7,9H2,1-2H3. The summed E-state index contributed by atoms with van der Waals surface area (Å²) < 4.78 is 4.77. The molecule has 0 bridgehead atoms. The summed E-state index contributed by atoms with van der Waals surface area (Å²) in [6.07, 6.45) is 1.34. The van der Waals surface area contributed by atoms with Gasteiger partial charge >= 0.3 is 5.97 Å². The van der Waals surface area contributed by atoms with Crippen molar-refractivity contribution in [1.82, 2.24) is 9.88 Å². The summed E-state index contributed by atoms with van der Waals surface area (Å²) in [5, 5.41) is 1.00. The summed E-state index contributed by atoms with van der Waals surface area (Å²) in [6.45, 7) is 3.23. The first-order valence-electron chi connectivity index (χ1n) is 7.13. The van der Waals surface area contributed by atoms with Crippen molar-refractivity contribution in [3.05, 3.63) is 35.0 Å². The molecule has 1 N–H and O–H groups in total. The number of nitrogens with one attached hydrogen (secondary N) is 1. The molecule has 0 fully saturated rings. The first kappa shape index (κ1) is 13.7. The van der Waals surface area contributed by atoms with Gasteiger partial charge in [-0.05, 0) is 18.2 Å². The summed E-state index contributed by atoms with van der Waals surface area (Å²) >= 11 is 0. The Kier molecular flexibility index (Phi) is 3.41. The molecule has 5 heteroatoms.